The van der Waals surface area contributed by atoms with Gasteiger partial charge in [0.05, 0.1) is 32.4 Å². The number of fused-ring (bicyclic) bond motifs is 1. The summed E-state index contributed by atoms with van der Waals surface area (Å²) in [5.41, 5.74) is 2.33. The van der Waals surface area contributed by atoms with Crippen LogP contribution in [0.5, 0.6) is 5.88 Å². The Kier molecular flexibility index (Phi) is 11.0. The third-order valence-electron chi connectivity index (χ3n) is 9.19. The van der Waals surface area contributed by atoms with Crippen molar-refractivity contribution in [3.63, 3.8) is 0 Å². The standard InChI is InChI=1S/C33H47FN6O6/c1-21-14-37(28(16-39(21)33(42)43)15-38-22(2)18-45-19-23(38)3)17-30(41)40-24(4)20-46-32-29(40)13-26(31(36-32)35-10-11-44-5)12-25-6-8-27(34)9-7-25/h6-9,13,21-24,28H,10-12,14-20H2,1-5H3,(H,35,36)(H,42,43)/t21-,22-,23-,24?,28+/m1/s1. The van der Waals surface area contributed by atoms with Crippen LogP contribution in [0.4, 0.5) is 20.7 Å². The molecule has 5 atom stereocenters. The molecule has 13 heteroatoms. The Balaban J connectivity index is 1.42. The second kappa shape index (κ2) is 14.9. The summed E-state index contributed by atoms with van der Waals surface area (Å²) in [6.07, 6.45) is -0.476. The van der Waals surface area contributed by atoms with E-state index in [2.05, 4.69) is 29.0 Å². The lowest BCUT2D eigenvalue weighted by atomic mass is 10.0. The number of anilines is 2. The van der Waals surface area contributed by atoms with Gasteiger partial charge in [-0.1, -0.05) is 12.1 Å². The lowest BCUT2D eigenvalue weighted by molar-refractivity contribution is -0.122. The van der Waals surface area contributed by atoms with Gasteiger partial charge in [0.25, 0.3) is 0 Å². The maximum absolute atomic E-state index is 14.3. The number of aromatic nitrogens is 1. The number of ether oxygens (including phenoxy) is 3. The summed E-state index contributed by atoms with van der Waals surface area (Å²) in [6.45, 7) is 12.1. The number of nitrogens with zero attached hydrogens (tertiary/aromatic N) is 5. The monoisotopic (exact) mass is 642 g/mol. The van der Waals surface area contributed by atoms with Crippen LogP contribution in [0.2, 0.25) is 0 Å². The first kappa shape index (κ1) is 33.8. The van der Waals surface area contributed by atoms with Gasteiger partial charge >= 0.3 is 6.09 Å². The third kappa shape index (κ3) is 7.71. The molecule has 0 bridgehead atoms. The lowest BCUT2D eigenvalue weighted by Crippen LogP contribution is -2.65. The molecule has 0 spiro atoms. The van der Waals surface area contributed by atoms with Crippen molar-refractivity contribution in [3.8, 4) is 5.88 Å². The van der Waals surface area contributed by atoms with Crippen LogP contribution in [0.25, 0.3) is 0 Å². The van der Waals surface area contributed by atoms with Crippen molar-refractivity contribution in [2.75, 3.05) is 76.5 Å². The molecule has 2 aromatic rings. The average Bonchev–Trinajstić information content (AvgIpc) is 3.01. The molecule has 0 radical (unpaired) electrons. The van der Waals surface area contributed by atoms with E-state index in [-0.39, 0.29) is 55.1 Å². The number of benzene rings is 1. The maximum atomic E-state index is 14.3. The molecule has 1 aromatic heterocycles. The van der Waals surface area contributed by atoms with Crippen LogP contribution in [0.1, 0.15) is 38.8 Å². The van der Waals surface area contributed by atoms with E-state index in [4.69, 9.17) is 19.2 Å². The molecule has 3 aliphatic heterocycles. The molecule has 0 saturated carbocycles. The SMILES string of the molecule is COCCNc1nc2c(cc1Cc1ccc(F)cc1)N(C(=O)CN1C[C@@H](C)N(C(=O)O)C[C@@H]1CN1[C@H](C)COC[C@H]1C)C(C)CO2. The number of nitrogens with one attached hydrogen (secondary N) is 1. The van der Waals surface area contributed by atoms with Crippen molar-refractivity contribution < 1.29 is 33.3 Å². The van der Waals surface area contributed by atoms with Crippen LogP contribution < -0.4 is 15.0 Å². The summed E-state index contributed by atoms with van der Waals surface area (Å²) < 4.78 is 30.6. The molecule has 2 amide bonds. The molecule has 46 heavy (non-hydrogen) atoms. The normalized spacial score (nSPS) is 25.6. The quantitative estimate of drug-likeness (QED) is 0.374. The molecule has 1 aromatic carbocycles. The number of piperazine rings is 1. The van der Waals surface area contributed by atoms with Crippen LogP contribution in [-0.4, -0.2) is 133 Å². The lowest BCUT2D eigenvalue weighted by Gasteiger charge is -2.48. The van der Waals surface area contributed by atoms with Gasteiger partial charge in [-0.2, -0.15) is 4.98 Å². The summed E-state index contributed by atoms with van der Waals surface area (Å²) in [4.78, 5) is 39.0. The number of hydrogen-bond donors (Lipinski definition) is 2. The number of hydrogen-bond acceptors (Lipinski definition) is 9. The molecule has 2 N–H and O–H groups in total. The second-order valence-electron chi connectivity index (χ2n) is 12.8. The number of carbonyl (C=O) groups excluding carboxylic acids is 1. The van der Waals surface area contributed by atoms with E-state index >= 15 is 0 Å². The van der Waals surface area contributed by atoms with E-state index in [0.29, 0.717) is 69.8 Å². The van der Waals surface area contributed by atoms with Gasteiger partial charge in [-0.15, -0.1) is 0 Å². The van der Waals surface area contributed by atoms with E-state index in [1.807, 2.05) is 19.9 Å². The highest BCUT2D eigenvalue weighted by Gasteiger charge is 2.40. The molecular formula is C33H47FN6O6. The Morgan fingerprint density at radius 2 is 1.76 bits per heavy atom. The first-order valence-electron chi connectivity index (χ1n) is 16.1. The van der Waals surface area contributed by atoms with Crippen LogP contribution in [0.15, 0.2) is 30.3 Å². The molecule has 3 aliphatic rings. The highest BCUT2D eigenvalue weighted by Crippen LogP contribution is 2.37. The number of carbonyl (C=O) groups is 2. The topological polar surface area (TPSA) is 120 Å². The van der Waals surface area contributed by atoms with Crippen molar-refractivity contribution >= 4 is 23.5 Å². The van der Waals surface area contributed by atoms with E-state index in [9.17, 15) is 19.1 Å². The Labute approximate surface area is 270 Å². The van der Waals surface area contributed by atoms with Crippen LogP contribution in [0, 0.1) is 5.82 Å². The van der Waals surface area contributed by atoms with Crippen molar-refractivity contribution in [1.82, 2.24) is 19.7 Å². The van der Waals surface area contributed by atoms with Gasteiger partial charge in [0.1, 0.15) is 23.9 Å². The molecule has 12 nitrogen and oxygen atoms in total. The van der Waals surface area contributed by atoms with Crippen molar-refractivity contribution in [2.24, 2.45) is 0 Å². The van der Waals surface area contributed by atoms with E-state index < -0.39 is 6.09 Å². The minimum Gasteiger partial charge on any atom is -0.474 e. The molecule has 4 heterocycles. The highest BCUT2D eigenvalue weighted by atomic mass is 19.1. The van der Waals surface area contributed by atoms with E-state index in [1.165, 1.54) is 17.0 Å². The maximum Gasteiger partial charge on any atom is 0.407 e. The largest absolute Gasteiger partial charge is 0.474 e. The minimum atomic E-state index is -0.947. The van der Waals surface area contributed by atoms with Gasteiger partial charge in [-0.3, -0.25) is 14.6 Å². The summed E-state index contributed by atoms with van der Waals surface area (Å²) in [6, 6.07) is 7.96. The zero-order chi connectivity index (χ0) is 33.0. The van der Waals surface area contributed by atoms with Crippen molar-refractivity contribution in [3.05, 3.63) is 47.3 Å². The first-order valence-corrected chi connectivity index (χ1v) is 16.1. The average molecular weight is 643 g/mol. The number of carboxylic acid groups (broad SMARTS) is 1. The fourth-order valence-corrected chi connectivity index (χ4v) is 6.71. The third-order valence-corrected chi connectivity index (χ3v) is 9.19. The molecule has 0 aliphatic carbocycles. The molecule has 252 valence electrons. The van der Waals surface area contributed by atoms with Gasteiger partial charge in [0.2, 0.25) is 11.8 Å². The fourth-order valence-electron chi connectivity index (χ4n) is 6.71. The zero-order valence-corrected chi connectivity index (χ0v) is 27.4. The molecule has 1 unspecified atom stereocenters. The fraction of sp³-hybridized carbons (Fsp3) is 0.606. The minimum absolute atomic E-state index is 0.101. The Bertz CT molecular complexity index is 1350. The smallest absolute Gasteiger partial charge is 0.407 e. The van der Waals surface area contributed by atoms with Crippen LogP contribution >= 0.6 is 0 Å². The van der Waals surface area contributed by atoms with E-state index in [1.54, 1.807) is 24.1 Å². The number of halogens is 1. The zero-order valence-electron chi connectivity index (χ0n) is 27.4. The van der Waals surface area contributed by atoms with Gasteiger partial charge in [0, 0.05) is 69.4 Å². The summed E-state index contributed by atoms with van der Waals surface area (Å²) in [7, 11) is 1.63. The van der Waals surface area contributed by atoms with Crippen molar-refractivity contribution in [1.29, 1.82) is 0 Å². The van der Waals surface area contributed by atoms with Crippen LogP contribution in [0.3, 0.4) is 0 Å². The highest BCUT2D eigenvalue weighted by molar-refractivity contribution is 5.97. The van der Waals surface area contributed by atoms with Gasteiger partial charge < -0.3 is 34.4 Å². The van der Waals surface area contributed by atoms with Gasteiger partial charge in [-0.05, 0) is 51.5 Å². The predicted molar refractivity (Wildman–Crippen MR) is 172 cm³/mol. The first-order chi connectivity index (χ1) is 22.0. The van der Waals surface area contributed by atoms with Crippen molar-refractivity contribution in [2.45, 2.75) is 64.3 Å². The summed E-state index contributed by atoms with van der Waals surface area (Å²) in [5, 5.41) is 13.3. The number of pyridine rings is 1. The van der Waals surface area contributed by atoms with E-state index in [0.717, 1.165) is 11.1 Å². The second-order valence-corrected chi connectivity index (χ2v) is 12.8. The number of amides is 2. The molecular weight excluding hydrogens is 595 g/mol. The van der Waals surface area contributed by atoms with Gasteiger partial charge in [0.15, 0.2) is 0 Å². The number of rotatable bonds is 10. The summed E-state index contributed by atoms with van der Waals surface area (Å²) >= 11 is 0. The Morgan fingerprint density at radius 1 is 1.04 bits per heavy atom. The number of methoxy groups -OCH3 is 1. The number of morpholine rings is 1. The Hall–Kier alpha value is -3.52. The molecule has 2 fully saturated rings. The Morgan fingerprint density at radius 3 is 2.43 bits per heavy atom. The molecule has 2 saturated heterocycles. The van der Waals surface area contributed by atoms with Crippen LogP contribution in [-0.2, 0) is 20.7 Å². The summed E-state index contributed by atoms with van der Waals surface area (Å²) in [5.74, 6) is 0.579. The predicted octanol–water partition coefficient (Wildman–Crippen LogP) is 3.15. The van der Waals surface area contributed by atoms with Gasteiger partial charge in [-0.25, -0.2) is 9.18 Å². The molecule has 5 rings (SSSR count).